The van der Waals surface area contributed by atoms with Crippen LogP contribution in [0.4, 0.5) is 10.7 Å². The van der Waals surface area contributed by atoms with E-state index in [1.54, 1.807) is 6.20 Å². The van der Waals surface area contributed by atoms with Gasteiger partial charge in [-0.1, -0.05) is 18.2 Å². The van der Waals surface area contributed by atoms with Gasteiger partial charge in [0.2, 0.25) is 5.95 Å². The summed E-state index contributed by atoms with van der Waals surface area (Å²) in [6.45, 7) is 0. The Labute approximate surface area is 80.0 Å². The van der Waals surface area contributed by atoms with Crippen LogP contribution in [0.3, 0.4) is 0 Å². The number of nitrogens with zero attached hydrogens (tertiary/aromatic N) is 2. The number of nitrogens with two attached hydrogens (primary N) is 1. The Morgan fingerprint density at radius 3 is 2.93 bits per heavy atom. The molecule has 5 nitrogen and oxygen atoms in total. The van der Waals surface area contributed by atoms with Gasteiger partial charge in [0.1, 0.15) is 0 Å². The van der Waals surface area contributed by atoms with Crippen molar-refractivity contribution in [2.24, 2.45) is 5.73 Å². The molecule has 0 bridgehead atoms. The first-order valence-corrected chi connectivity index (χ1v) is 4.04. The van der Waals surface area contributed by atoms with Crippen LogP contribution in [0.5, 0.6) is 0 Å². The molecule has 0 saturated heterocycles. The number of amides is 2. The smallest absolute Gasteiger partial charge is 0.319 e. The quantitative estimate of drug-likeness (QED) is 0.703. The van der Waals surface area contributed by atoms with Gasteiger partial charge in [-0.15, -0.1) is 0 Å². The first-order valence-electron chi connectivity index (χ1n) is 4.04. The van der Waals surface area contributed by atoms with Crippen molar-refractivity contribution in [1.29, 1.82) is 0 Å². The number of para-hydroxylation sites is 1. The molecule has 0 spiro atoms. The second-order valence-corrected chi connectivity index (χ2v) is 2.74. The van der Waals surface area contributed by atoms with Crippen LogP contribution in [-0.4, -0.2) is 16.0 Å². The Morgan fingerprint density at radius 1 is 1.36 bits per heavy atom. The van der Waals surface area contributed by atoms with Gasteiger partial charge in [0.25, 0.3) is 0 Å². The van der Waals surface area contributed by atoms with Crippen LogP contribution in [0.1, 0.15) is 0 Å². The van der Waals surface area contributed by atoms with Crippen molar-refractivity contribution in [2.75, 3.05) is 5.32 Å². The molecule has 2 amide bonds. The van der Waals surface area contributed by atoms with E-state index in [9.17, 15) is 4.79 Å². The SMILES string of the molecule is NC(=O)Nc1ncc2ccccc2n1. The molecule has 2 rings (SSSR count). The molecule has 0 aliphatic heterocycles. The Morgan fingerprint density at radius 2 is 2.14 bits per heavy atom. The molecule has 0 aliphatic rings. The third kappa shape index (κ3) is 1.61. The number of nitrogens with one attached hydrogen (secondary N) is 1. The molecule has 1 heterocycles. The minimum absolute atomic E-state index is 0.219. The number of fused-ring (bicyclic) bond motifs is 1. The van der Waals surface area contributed by atoms with E-state index in [0.717, 1.165) is 10.9 Å². The van der Waals surface area contributed by atoms with Gasteiger partial charge >= 0.3 is 6.03 Å². The molecule has 1 aromatic carbocycles. The third-order valence-electron chi connectivity index (χ3n) is 1.72. The second-order valence-electron chi connectivity index (χ2n) is 2.74. The van der Waals surface area contributed by atoms with E-state index in [2.05, 4.69) is 15.3 Å². The van der Waals surface area contributed by atoms with E-state index in [1.165, 1.54) is 0 Å². The molecule has 1 aromatic heterocycles. The molecule has 0 unspecified atom stereocenters. The van der Waals surface area contributed by atoms with Gasteiger partial charge in [-0.05, 0) is 6.07 Å². The van der Waals surface area contributed by atoms with Gasteiger partial charge in [0.15, 0.2) is 0 Å². The fourth-order valence-corrected chi connectivity index (χ4v) is 1.14. The first kappa shape index (κ1) is 8.43. The molecule has 0 saturated carbocycles. The van der Waals surface area contributed by atoms with E-state index >= 15 is 0 Å². The number of benzene rings is 1. The molecule has 5 heteroatoms. The molecule has 0 atom stereocenters. The van der Waals surface area contributed by atoms with Crippen LogP contribution >= 0.6 is 0 Å². The zero-order chi connectivity index (χ0) is 9.97. The average molecular weight is 188 g/mol. The van der Waals surface area contributed by atoms with Crippen LogP contribution in [0.25, 0.3) is 10.9 Å². The van der Waals surface area contributed by atoms with Gasteiger partial charge in [-0.25, -0.2) is 14.8 Å². The van der Waals surface area contributed by atoms with Crippen molar-refractivity contribution in [3.63, 3.8) is 0 Å². The van der Waals surface area contributed by atoms with Gasteiger partial charge < -0.3 is 5.73 Å². The summed E-state index contributed by atoms with van der Waals surface area (Å²) in [5.74, 6) is 0.219. The maximum absolute atomic E-state index is 10.5. The van der Waals surface area contributed by atoms with E-state index in [4.69, 9.17) is 5.73 Å². The fraction of sp³-hybridized carbons (Fsp3) is 0. The van der Waals surface area contributed by atoms with Crippen LogP contribution in [0.15, 0.2) is 30.5 Å². The van der Waals surface area contributed by atoms with Crippen LogP contribution in [0.2, 0.25) is 0 Å². The summed E-state index contributed by atoms with van der Waals surface area (Å²) in [7, 11) is 0. The van der Waals surface area contributed by atoms with Crippen LogP contribution < -0.4 is 11.1 Å². The number of anilines is 1. The summed E-state index contributed by atoms with van der Waals surface area (Å²) >= 11 is 0. The molecule has 0 fully saturated rings. The second kappa shape index (κ2) is 3.29. The summed E-state index contributed by atoms with van der Waals surface area (Å²) in [4.78, 5) is 18.6. The molecule has 2 aromatic rings. The Kier molecular flexibility index (Phi) is 1.98. The highest BCUT2D eigenvalue weighted by Gasteiger charge is 2.00. The lowest BCUT2D eigenvalue weighted by molar-refractivity contribution is 0.259. The number of hydrogen-bond donors (Lipinski definition) is 2. The molecule has 70 valence electrons. The van der Waals surface area contributed by atoms with E-state index in [-0.39, 0.29) is 5.95 Å². The number of aromatic nitrogens is 2. The predicted molar refractivity (Wildman–Crippen MR) is 52.7 cm³/mol. The number of rotatable bonds is 1. The van der Waals surface area contributed by atoms with E-state index in [0.29, 0.717) is 0 Å². The van der Waals surface area contributed by atoms with E-state index in [1.807, 2.05) is 24.3 Å². The monoisotopic (exact) mass is 188 g/mol. The average Bonchev–Trinajstić information content (AvgIpc) is 2.17. The summed E-state index contributed by atoms with van der Waals surface area (Å²) in [6.07, 6.45) is 1.63. The third-order valence-corrected chi connectivity index (χ3v) is 1.72. The highest BCUT2D eigenvalue weighted by atomic mass is 16.2. The molecular formula is C9H8N4O. The molecule has 3 N–H and O–H groups in total. The van der Waals surface area contributed by atoms with Crippen molar-refractivity contribution < 1.29 is 4.79 Å². The largest absolute Gasteiger partial charge is 0.351 e. The summed E-state index contributed by atoms with van der Waals surface area (Å²) < 4.78 is 0. The summed E-state index contributed by atoms with van der Waals surface area (Å²) in [5.41, 5.74) is 5.71. The Bertz CT molecular complexity index is 483. The molecular weight excluding hydrogens is 180 g/mol. The minimum atomic E-state index is -0.666. The number of urea groups is 1. The summed E-state index contributed by atoms with van der Waals surface area (Å²) in [6, 6.07) is 6.82. The highest BCUT2D eigenvalue weighted by molar-refractivity contribution is 5.87. The molecule has 14 heavy (non-hydrogen) atoms. The van der Waals surface area contributed by atoms with Crippen molar-refractivity contribution in [3.05, 3.63) is 30.5 Å². The lowest BCUT2D eigenvalue weighted by atomic mass is 10.2. The molecule has 0 aliphatic carbocycles. The Hall–Kier alpha value is -2.17. The maximum Gasteiger partial charge on any atom is 0.319 e. The van der Waals surface area contributed by atoms with Crippen LogP contribution in [-0.2, 0) is 0 Å². The minimum Gasteiger partial charge on any atom is -0.351 e. The van der Waals surface area contributed by atoms with Crippen LogP contribution in [0, 0.1) is 0 Å². The van der Waals surface area contributed by atoms with Gasteiger partial charge in [0, 0.05) is 11.6 Å². The van der Waals surface area contributed by atoms with Crippen molar-refractivity contribution in [2.45, 2.75) is 0 Å². The maximum atomic E-state index is 10.5. The van der Waals surface area contributed by atoms with Gasteiger partial charge in [-0.3, -0.25) is 5.32 Å². The predicted octanol–water partition coefficient (Wildman–Crippen LogP) is 1.12. The van der Waals surface area contributed by atoms with Crippen molar-refractivity contribution in [3.8, 4) is 0 Å². The number of carbonyl (C=O) groups excluding carboxylic acids is 1. The number of carbonyl (C=O) groups is 1. The normalized spacial score (nSPS) is 10.0. The number of hydrogen-bond acceptors (Lipinski definition) is 3. The van der Waals surface area contributed by atoms with Crippen molar-refractivity contribution >= 4 is 22.9 Å². The van der Waals surface area contributed by atoms with Crippen molar-refractivity contribution in [1.82, 2.24) is 9.97 Å². The van der Waals surface area contributed by atoms with E-state index < -0.39 is 6.03 Å². The topological polar surface area (TPSA) is 80.9 Å². The fourth-order valence-electron chi connectivity index (χ4n) is 1.14. The lowest BCUT2D eigenvalue weighted by Crippen LogP contribution is -2.20. The first-order chi connectivity index (χ1) is 6.75. The number of primary amides is 1. The zero-order valence-electron chi connectivity index (χ0n) is 7.27. The lowest BCUT2D eigenvalue weighted by Gasteiger charge is -2.00. The van der Waals surface area contributed by atoms with Gasteiger partial charge in [-0.2, -0.15) is 0 Å². The summed E-state index contributed by atoms with van der Waals surface area (Å²) in [5, 5.41) is 3.23. The van der Waals surface area contributed by atoms with Gasteiger partial charge in [0.05, 0.1) is 5.52 Å². The Balaban J connectivity index is 2.46. The zero-order valence-corrected chi connectivity index (χ0v) is 7.27. The standard InChI is InChI=1S/C9H8N4O/c10-8(14)13-9-11-5-6-3-1-2-4-7(6)12-9/h1-5H,(H3,10,11,12,13,14). The molecule has 0 radical (unpaired) electrons. The highest BCUT2D eigenvalue weighted by Crippen LogP contribution is 2.11.